The second-order valence-electron chi connectivity index (χ2n) is 7.64. The van der Waals surface area contributed by atoms with E-state index in [4.69, 9.17) is 4.52 Å². The Balaban J connectivity index is 1.69. The third-order valence-corrected chi connectivity index (χ3v) is 4.94. The fraction of sp³-hybridized carbons (Fsp3) is 0.632. The number of hydrogen-bond acceptors (Lipinski definition) is 5. The van der Waals surface area contributed by atoms with Gasteiger partial charge < -0.3 is 18.9 Å². The Bertz CT molecular complexity index is 734. The fourth-order valence-corrected chi connectivity index (χ4v) is 3.37. The molecule has 0 saturated carbocycles. The van der Waals surface area contributed by atoms with E-state index in [2.05, 4.69) is 33.7 Å². The molecule has 1 unspecified atom stereocenters. The summed E-state index contributed by atoms with van der Waals surface area (Å²) < 4.78 is 7.50. The molecule has 1 aliphatic rings. The Morgan fingerprint density at radius 2 is 2.23 bits per heavy atom. The average Bonchev–Trinajstić information content (AvgIpc) is 3.29. The van der Waals surface area contributed by atoms with Crippen molar-refractivity contribution >= 4 is 5.91 Å². The number of nitrogens with zero attached hydrogens (tertiary/aromatic N) is 5. The number of imidazole rings is 1. The molecule has 142 valence electrons. The lowest BCUT2D eigenvalue weighted by Crippen LogP contribution is -2.39. The van der Waals surface area contributed by atoms with Gasteiger partial charge in [0.1, 0.15) is 5.82 Å². The van der Waals surface area contributed by atoms with Gasteiger partial charge in [0.25, 0.3) is 5.91 Å². The van der Waals surface area contributed by atoms with Gasteiger partial charge in [-0.1, -0.05) is 19.0 Å². The molecule has 0 spiro atoms. The average molecular weight is 359 g/mol. The van der Waals surface area contributed by atoms with Gasteiger partial charge in [-0.15, -0.1) is 0 Å². The molecule has 3 heterocycles. The van der Waals surface area contributed by atoms with E-state index < -0.39 is 0 Å². The van der Waals surface area contributed by atoms with Gasteiger partial charge in [-0.2, -0.15) is 0 Å². The molecule has 2 aromatic heterocycles. The number of likely N-dealkylation sites (tertiary alicyclic amines) is 1. The van der Waals surface area contributed by atoms with E-state index in [9.17, 15) is 4.79 Å². The molecular formula is C19H29N5O2. The molecule has 26 heavy (non-hydrogen) atoms. The van der Waals surface area contributed by atoms with Crippen molar-refractivity contribution in [3.63, 3.8) is 0 Å². The van der Waals surface area contributed by atoms with Gasteiger partial charge in [0, 0.05) is 50.6 Å². The van der Waals surface area contributed by atoms with E-state index in [1.54, 1.807) is 6.07 Å². The highest BCUT2D eigenvalue weighted by Crippen LogP contribution is 2.27. The van der Waals surface area contributed by atoms with Gasteiger partial charge in [0.05, 0.1) is 5.69 Å². The fourth-order valence-electron chi connectivity index (χ4n) is 3.37. The van der Waals surface area contributed by atoms with Crippen molar-refractivity contribution in [1.82, 2.24) is 24.5 Å². The molecule has 1 amide bonds. The number of rotatable bonds is 6. The van der Waals surface area contributed by atoms with Crippen LogP contribution < -0.4 is 0 Å². The largest absolute Gasteiger partial charge is 0.351 e. The maximum atomic E-state index is 12.8. The Kier molecular flexibility index (Phi) is 5.76. The molecule has 7 nitrogen and oxygen atoms in total. The molecule has 1 fully saturated rings. The minimum atomic E-state index is -0.0690. The van der Waals surface area contributed by atoms with Crippen LogP contribution in [0.25, 0.3) is 0 Å². The third kappa shape index (κ3) is 4.15. The summed E-state index contributed by atoms with van der Waals surface area (Å²) in [5.74, 6) is 1.85. The predicted molar refractivity (Wildman–Crippen MR) is 99.3 cm³/mol. The maximum absolute atomic E-state index is 12.8. The molecule has 1 saturated heterocycles. The number of piperidine rings is 1. The standard InChI is InChI=1S/C19H29N5O2/c1-14(2)16-12-17(26-21-16)19(25)24-8-5-6-15(13-24)18-20-7-9-23(18)11-10-22(3)4/h7,9,12,14-15H,5-6,8,10-11,13H2,1-4H3. The summed E-state index contributed by atoms with van der Waals surface area (Å²) in [6.45, 7) is 7.38. The second kappa shape index (κ2) is 8.03. The SMILES string of the molecule is CC(C)c1cc(C(=O)N2CCCC(c3nccn3CCN(C)C)C2)on1. The Labute approximate surface area is 155 Å². The normalized spacial score (nSPS) is 18.1. The van der Waals surface area contributed by atoms with E-state index in [-0.39, 0.29) is 17.7 Å². The number of carbonyl (C=O) groups is 1. The van der Waals surface area contributed by atoms with Crippen LogP contribution in [-0.4, -0.2) is 64.1 Å². The predicted octanol–water partition coefficient (Wildman–Crippen LogP) is 2.58. The van der Waals surface area contributed by atoms with Gasteiger partial charge in [-0.05, 0) is 32.9 Å². The van der Waals surface area contributed by atoms with Crippen molar-refractivity contribution < 1.29 is 9.32 Å². The number of likely N-dealkylation sites (N-methyl/N-ethyl adjacent to an activating group) is 1. The third-order valence-electron chi connectivity index (χ3n) is 4.94. The van der Waals surface area contributed by atoms with Gasteiger partial charge in [-0.25, -0.2) is 4.98 Å². The molecule has 1 atom stereocenters. The first-order valence-corrected chi connectivity index (χ1v) is 9.37. The molecule has 1 aliphatic heterocycles. The first kappa shape index (κ1) is 18.6. The van der Waals surface area contributed by atoms with Crippen molar-refractivity contribution in [3.05, 3.63) is 35.7 Å². The molecule has 0 N–H and O–H groups in total. The summed E-state index contributed by atoms with van der Waals surface area (Å²) in [4.78, 5) is 21.4. The van der Waals surface area contributed by atoms with Gasteiger partial charge >= 0.3 is 0 Å². The van der Waals surface area contributed by atoms with Crippen molar-refractivity contribution in [3.8, 4) is 0 Å². The van der Waals surface area contributed by atoms with Crippen molar-refractivity contribution in [2.24, 2.45) is 0 Å². The highest BCUT2D eigenvalue weighted by Gasteiger charge is 2.29. The Morgan fingerprint density at radius 1 is 1.42 bits per heavy atom. The molecule has 0 aliphatic carbocycles. The number of amides is 1. The van der Waals surface area contributed by atoms with E-state index >= 15 is 0 Å². The highest BCUT2D eigenvalue weighted by atomic mass is 16.5. The lowest BCUT2D eigenvalue weighted by molar-refractivity contribution is 0.0661. The van der Waals surface area contributed by atoms with Crippen molar-refractivity contribution in [2.75, 3.05) is 33.7 Å². The zero-order valence-corrected chi connectivity index (χ0v) is 16.2. The van der Waals surface area contributed by atoms with Crippen LogP contribution in [0.4, 0.5) is 0 Å². The van der Waals surface area contributed by atoms with Crippen molar-refractivity contribution in [2.45, 2.75) is 45.1 Å². The monoisotopic (exact) mass is 359 g/mol. The first-order chi connectivity index (χ1) is 12.5. The van der Waals surface area contributed by atoms with Crippen molar-refractivity contribution in [1.29, 1.82) is 0 Å². The zero-order chi connectivity index (χ0) is 18.7. The molecule has 3 rings (SSSR count). The summed E-state index contributed by atoms with van der Waals surface area (Å²) in [7, 11) is 4.14. The molecule has 0 aromatic carbocycles. The van der Waals surface area contributed by atoms with Crippen LogP contribution in [0.5, 0.6) is 0 Å². The van der Waals surface area contributed by atoms with E-state index in [0.29, 0.717) is 12.3 Å². The maximum Gasteiger partial charge on any atom is 0.292 e. The summed E-state index contributed by atoms with van der Waals surface area (Å²) in [6.07, 6.45) is 5.92. The molecule has 7 heteroatoms. The lowest BCUT2D eigenvalue weighted by Gasteiger charge is -2.32. The lowest BCUT2D eigenvalue weighted by atomic mass is 9.96. The van der Waals surface area contributed by atoms with Gasteiger partial charge in [0.2, 0.25) is 5.76 Å². The van der Waals surface area contributed by atoms with Gasteiger partial charge in [0.15, 0.2) is 0 Å². The Hall–Kier alpha value is -2.15. The quantitative estimate of drug-likeness (QED) is 0.793. The van der Waals surface area contributed by atoms with Crippen LogP contribution in [0, 0.1) is 0 Å². The first-order valence-electron chi connectivity index (χ1n) is 9.37. The molecule has 0 bridgehead atoms. The summed E-state index contributed by atoms with van der Waals surface area (Å²) in [5.41, 5.74) is 0.820. The number of carbonyl (C=O) groups excluding carboxylic acids is 1. The minimum Gasteiger partial charge on any atom is -0.351 e. The van der Waals surface area contributed by atoms with Crippen LogP contribution in [0.3, 0.4) is 0 Å². The van der Waals surface area contributed by atoms with Crippen LogP contribution >= 0.6 is 0 Å². The second-order valence-corrected chi connectivity index (χ2v) is 7.64. The van der Waals surface area contributed by atoms with E-state index in [1.807, 2.05) is 31.1 Å². The zero-order valence-electron chi connectivity index (χ0n) is 16.2. The number of hydrogen-bond donors (Lipinski definition) is 0. The smallest absolute Gasteiger partial charge is 0.292 e. The van der Waals surface area contributed by atoms with Crippen LogP contribution in [0.1, 0.15) is 60.6 Å². The van der Waals surface area contributed by atoms with E-state index in [0.717, 1.165) is 44.0 Å². The summed E-state index contributed by atoms with van der Waals surface area (Å²) in [5, 5.41) is 4.01. The Morgan fingerprint density at radius 3 is 2.92 bits per heavy atom. The van der Waals surface area contributed by atoms with Crippen LogP contribution in [-0.2, 0) is 6.54 Å². The summed E-state index contributed by atoms with van der Waals surface area (Å²) in [6, 6.07) is 1.77. The molecule has 2 aromatic rings. The molecule has 0 radical (unpaired) electrons. The topological polar surface area (TPSA) is 67.4 Å². The minimum absolute atomic E-state index is 0.0690. The summed E-state index contributed by atoms with van der Waals surface area (Å²) >= 11 is 0. The van der Waals surface area contributed by atoms with Gasteiger partial charge in [-0.3, -0.25) is 4.79 Å². The van der Waals surface area contributed by atoms with Crippen LogP contribution in [0.2, 0.25) is 0 Å². The molecular weight excluding hydrogens is 330 g/mol. The van der Waals surface area contributed by atoms with E-state index in [1.165, 1.54) is 0 Å². The van der Waals surface area contributed by atoms with Crippen LogP contribution in [0.15, 0.2) is 23.0 Å². The number of aromatic nitrogens is 3. The highest BCUT2D eigenvalue weighted by molar-refractivity contribution is 5.91.